The average Bonchev–Trinajstić information content (AvgIpc) is 3.47. The van der Waals surface area contributed by atoms with Crippen LogP contribution in [0.5, 0.6) is 0 Å². The van der Waals surface area contributed by atoms with Gasteiger partial charge in [-0.25, -0.2) is 19.0 Å². The number of carbonyl (C=O) groups is 2. The molecule has 0 atom stereocenters. The highest BCUT2D eigenvalue weighted by atomic mass is 19.1. The Morgan fingerprint density at radius 2 is 1.35 bits per heavy atom. The van der Waals surface area contributed by atoms with Crippen molar-refractivity contribution in [3.63, 3.8) is 0 Å². The SMILES string of the molecule is COC(=O)c1c(Nc2ncc(F)c(Nc3ccc4n[nH]c(C)c4c3C(=O)OC)n2)ccc2n[nH]c(C)c12. The molecule has 37 heavy (non-hydrogen) atoms. The number of hydrogen-bond acceptors (Lipinski definition) is 10. The molecule has 0 aliphatic rings. The van der Waals surface area contributed by atoms with E-state index in [0.29, 0.717) is 38.9 Å². The molecule has 2 aromatic carbocycles. The standard InChI is InChI=1S/C24H21FN8O4/c1-10-17-15(32-30-10)7-5-13(19(17)22(34)36-3)27-21-12(25)9-26-24(29-21)28-14-6-8-16-18(11(2)31-33-16)20(14)23(35)37-4/h5-9H,1-4H3,(H,30,32)(H,31,33)(H2,26,27,28,29). The number of anilines is 4. The molecule has 5 rings (SSSR count). The van der Waals surface area contributed by atoms with Crippen LogP contribution in [0.25, 0.3) is 21.8 Å². The molecule has 0 radical (unpaired) electrons. The van der Waals surface area contributed by atoms with Crippen LogP contribution in [0.2, 0.25) is 0 Å². The molecule has 0 bridgehead atoms. The van der Waals surface area contributed by atoms with Gasteiger partial charge in [0.25, 0.3) is 0 Å². The Bertz CT molecular complexity index is 1690. The fourth-order valence-electron chi connectivity index (χ4n) is 4.13. The van der Waals surface area contributed by atoms with Gasteiger partial charge in [-0.1, -0.05) is 0 Å². The maximum absolute atomic E-state index is 14.8. The van der Waals surface area contributed by atoms with Gasteiger partial charge in [0.05, 0.1) is 54.0 Å². The maximum atomic E-state index is 14.8. The van der Waals surface area contributed by atoms with E-state index in [1.807, 2.05) is 0 Å². The van der Waals surface area contributed by atoms with Gasteiger partial charge in [-0.3, -0.25) is 10.2 Å². The Hall–Kier alpha value is -5.07. The van der Waals surface area contributed by atoms with E-state index in [1.165, 1.54) is 14.2 Å². The van der Waals surface area contributed by atoms with Crippen molar-refractivity contribution >= 4 is 56.9 Å². The number of ether oxygens (including phenoxy) is 2. The van der Waals surface area contributed by atoms with Crippen LogP contribution in [0.15, 0.2) is 30.5 Å². The van der Waals surface area contributed by atoms with Crippen molar-refractivity contribution in [3.8, 4) is 0 Å². The van der Waals surface area contributed by atoms with Crippen molar-refractivity contribution in [1.82, 2.24) is 30.4 Å². The molecule has 4 N–H and O–H groups in total. The molecule has 5 aromatic rings. The summed E-state index contributed by atoms with van der Waals surface area (Å²) in [5.41, 5.74) is 3.44. The lowest BCUT2D eigenvalue weighted by molar-refractivity contribution is 0.0595. The molecule has 0 spiro atoms. The van der Waals surface area contributed by atoms with Gasteiger partial charge in [-0.05, 0) is 38.1 Å². The first-order valence-electron chi connectivity index (χ1n) is 11.0. The number of nitrogens with zero attached hydrogens (tertiary/aromatic N) is 4. The normalized spacial score (nSPS) is 11.1. The molecule has 0 aliphatic carbocycles. The second kappa shape index (κ2) is 9.18. The second-order valence-corrected chi connectivity index (χ2v) is 8.09. The summed E-state index contributed by atoms with van der Waals surface area (Å²) in [6.45, 7) is 3.54. The first-order valence-corrected chi connectivity index (χ1v) is 11.0. The minimum atomic E-state index is -0.764. The van der Waals surface area contributed by atoms with E-state index in [9.17, 15) is 14.0 Å². The van der Waals surface area contributed by atoms with E-state index in [2.05, 4.69) is 41.0 Å². The highest BCUT2D eigenvalue weighted by Crippen LogP contribution is 2.32. The molecule has 0 aliphatic heterocycles. The van der Waals surface area contributed by atoms with Crippen LogP contribution in [0.4, 0.5) is 27.5 Å². The third-order valence-corrected chi connectivity index (χ3v) is 5.83. The Kier molecular flexibility index (Phi) is 5.87. The Labute approximate surface area is 208 Å². The molecule has 13 heteroatoms. The van der Waals surface area contributed by atoms with Crippen LogP contribution in [-0.4, -0.2) is 56.5 Å². The summed E-state index contributed by atoms with van der Waals surface area (Å²) < 4.78 is 24.7. The van der Waals surface area contributed by atoms with Crippen LogP contribution >= 0.6 is 0 Å². The monoisotopic (exact) mass is 504 g/mol. The van der Waals surface area contributed by atoms with E-state index in [0.717, 1.165) is 6.20 Å². The van der Waals surface area contributed by atoms with Crippen molar-refractivity contribution in [3.05, 3.63) is 58.8 Å². The van der Waals surface area contributed by atoms with E-state index in [-0.39, 0.29) is 28.6 Å². The van der Waals surface area contributed by atoms with Crippen molar-refractivity contribution in [1.29, 1.82) is 0 Å². The number of rotatable bonds is 6. The highest BCUT2D eigenvalue weighted by Gasteiger charge is 2.23. The number of esters is 2. The Balaban J connectivity index is 1.56. The third kappa shape index (κ3) is 4.05. The number of nitrogens with one attached hydrogen (secondary N) is 4. The summed E-state index contributed by atoms with van der Waals surface area (Å²) in [6, 6.07) is 6.59. The van der Waals surface area contributed by atoms with Gasteiger partial charge in [0.2, 0.25) is 5.95 Å². The van der Waals surface area contributed by atoms with Crippen LogP contribution in [0.1, 0.15) is 32.1 Å². The molecule has 0 unspecified atom stereocenters. The summed E-state index contributed by atoms with van der Waals surface area (Å²) >= 11 is 0. The zero-order valence-electron chi connectivity index (χ0n) is 20.2. The van der Waals surface area contributed by atoms with Crippen molar-refractivity contribution in [2.45, 2.75) is 13.8 Å². The van der Waals surface area contributed by atoms with Gasteiger partial charge in [-0.2, -0.15) is 15.2 Å². The summed E-state index contributed by atoms with van der Waals surface area (Å²) in [5, 5.41) is 20.9. The summed E-state index contributed by atoms with van der Waals surface area (Å²) in [6.07, 6.45) is 0.969. The van der Waals surface area contributed by atoms with Crippen molar-refractivity contribution in [2.24, 2.45) is 0 Å². The van der Waals surface area contributed by atoms with Crippen LogP contribution in [-0.2, 0) is 9.47 Å². The van der Waals surface area contributed by atoms with E-state index >= 15 is 0 Å². The van der Waals surface area contributed by atoms with Gasteiger partial charge in [0.15, 0.2) is 11.6 Å². The number of aromatic nitrogens is 6. The molecule has 0 saturated carbocycles. The molecular formula is C24H21FN8O4. The van der Waals surface area contributed by atoms with Crippen LogP contribution < -0.4 is 10.6 Å². The first kappa shape index (κ1) is 23.7. The van der Waals surface area contributed by atoms with Gasteiger partial charge < -0.3 is 20.1 Å². The van der Waals surface area contributed by atoms with E-state index < -0.39 is 17.8 Å². The lowest BCUT2D eigenvalue weighted by atomic mass is 10.1. The molecule has 3 heterocycles. The number of halogens is 1. The molecule has 0 saturated heterocycles. The number of carbonyl (C=O) groups excluding carboxylic acids is 2. The quantitative estimate of drug-likeness (QED) is 0.248. The molecule has 0 fully saturated rings. The Morgan fingerprint density at radius 1 is 0.838 bits per heavy atom. The highest BCUT2D eigenvalue weighted by molar-refractivity contribution is 6.11. The number of aromatic amines is 2. The lowest BCUT2D eigenvalue weighted by Crippen LogP contribution is -2.10. The second-order valence-electron chi connectivity index (χ2n) is 8.09. The summed E-state index contributed by atoms with van der Waals surface area (Å²) in [5.74, 6) is -2.20. The lowest BCUT2D eigenvalue weighted by Gasteiger charge is -2.14. The summed E-state index contributed by atoms with van der Waals surface area (Å²) in [4.78, 5) is 33.5. The minimum absolute atomic E-state index is 0.00487. The van der Waals surface area contributed by atoms with Gasteiger partial charge in [0, 0.05) is 22.2 Å². The van der Waals surface area contributed by atoms with Crippen LogP contribution in [0, 0.1) is 19.7 Å². The molecular weight excluding hydrogens is 483 g/mol. The third-order valence-electron chi connectivity index (χ3n) is 5.83. The zero-order valence-corrected chi connectivity index (χ0v) is 20.2. The largest absolute Gasteiger partial charge is 0.465 e. The van der Waals surface area contributed by atoms with Gasteiger partial charge in [0.1, 0.15) is 0 Å². The number of hydrogen-bond donors (Lipinski definition) is 4. The average molecular weight is 504 g/mol. The smallest absolute Gasteiger partial charge is 0.340 e. The molecule has 188 valence electrons. The van der Waals surface area contributed by atoms with E-state index in [4.69, 9.17) is 9.47 Å². The number of methoxy groups -OCH3 is 2. The molecule has 0 amide bonds. The summed E-state index contributed by atoms with van der Waals surface area (Å²) in [7, 11) is 2.53. The van der Waals surface area contributed by atoms with Crippen LogP contribution in [0.3, 0.4) is 0 Å². The van der Waals surface area contributed by atoms with Crippen molar-refractivity contribution < 1.29 is 23.5 Å². The fourth-order valence-corrected chi connectivity index (χ4v) is 4.13. The predicted molar refractivity (Wildman–Crippen MR) is 133 cm³/mol. The van der Waals surface area contributed by atoms with Gasteiger partial charge in [-0.15, -0.1) is 0 Å². The topological polar surface area (TPSA) is 160 Å². The van der Waals surface area contributed by atoms with Gasteiger partial charge >= 0.3 is 11.9 Å². The first-order chi connectivity index (χ1) is 17.8. The number of H-pyrrole nitrogens is 2. The minimum Gasteiger partial charge on any atom is -0.465 e. The number of benzene rings is 2. The Morgan fingerprint density at radius 3 is 1.86 bits per heavy atom. The number of fused-ring (bicyclic) bond motifs is 2. The molecule has 3 aromatic heterocycles. The zero-order chi connectivity index (χ0) is 26.3. The predicted octanol–water partition coefficient (Wildman–Crippen LogP) is 4.05. The molecule has 12 nitrogen and oxygen atoms in total. The van der Waals surface area contributed by atoms with E-state index in [1.54, 1.807) is 38.1 Å². The number of aryl methyl sites for hydroxylation is 2. The fraction of sp³-hybridized carbons (Fsp3) is 0.167. The maximum Gasteiger partial charge on any atom is 0.340 e. The van der Waals surface area contributed by atoms with Crippen molar-refractivity contribution in [2.75, 3.05) is 24.9 Å².